The molecule has 0 saturated heterocycles. The largest absolute Gasteiger partial charge is 0.0843 e. The highest BCUT2D eigenvalue weighted by Gasteiger charge is 2.02. The van der Waals surface area contributed by atoms with E-state index in [9.17, 15) is 0 Å². The van der Waals surface area contributed by atoms with E-state index in [0.29, 0.717) is 0 Å². The predicted octanol–water partition coefficient (Wildman–Crippen LogP) is 5.09. The van der Waals surface area contributed by atoms with Crippen molar-refractivity contribution < 1.29 is 0 Å². The van der Waals surface area contributed by atoms with E-state index in [2.05, 4.69) is 48.9 Å². The van der Waals surface area contributed by atoms with E-state index >= 15 is 0 Å². The van der Waals surface area contributed by atoms with Crippen molar-refractivity contribution in [3.8, 4) is 0 Å². The summed E-state index contributed by atoms with van der Waals surface area (Å²) < 4.78 is 0. The highest BCUT2D eigenvalue weighted by atomic mass is 35.5. The van der Waals surface area contributed by atoms with E-state index in [-0.39, 0.29) is 0 Å². The van der Waals surface area contributed by atoms with Gasteiger partial charge in [0.1, 0.15) is 0 Å². The van der Waals surface area contributed by atoms with Gasteiger partial charge in [-0.05, 0) is 34.0 Å². The molecule has 3 rings (SSSR count). The zero-order chi connectivity index (χ0) is 12.4. The lowest BCUT2D eigenvalue weighted by Crippen LogP contribution is -1.86. The molecule has 3 aromatic carbocycles. The molecule has 0 heterocycles. The Morgan fingerprint density at radius 1 is 0.722 bits per heavy atom. The molecule has 87 valence electrons. The third-order valence-electron chi connectivity index (χ3n) is 3.02. The van der Waals surface area contributed by atoms with Gasteiger partial charge in [0.15, 0.2) is 0 Å². The molecule has 0 N–H and O–H groups in total. The number of rotatable bonds is 2. The first-order valence-corrected chi connectivity index (χ1v) is 6.29. The maximum Gasteiger partial charge on any atom is 0.0406 e. The van der Waals surface area contributed by atoms with Crippen LogP contribution < -0.4 is 0 Å². The van der Waals surface area contributed by atoms with Crippen LogP contribution in [0.25, 0.3) is 10.8 Å². The van der Waals surface area contributed by atoms with Crippen LogP contribution >= 0.6 is 11.6 Å². The Labute approximate surface area is 112 Å². The van der Waals surface area contributed by atoms with Crippen LogP contribution in [-0.4, -0.2) is 0 Å². The quantitative estimate of drug-likeness (QED) is 0.595. The molecule has 0 nitrogen and oxygen atoms in total. The Bertz CT molecular complexity index is 663. The second kappa shape index (κ2) is 4.83. The number of fused-ring (bicyclic) bond motifs is 1. The minimum atomic E-state index is 0.769. The Morgan fingerprint density at radius 2 is 1.44 bits per heavy atom. The van der Waals surface area contributed by atoms with Crippen LogP contribution in [0.1, 0.15) is 11.1 Å². The molecule has 0 aliphatic rings. The summed E-state index contributed by atoms with van der Waals surface area (Å²) in [5.74, 6) is 0. The molecule has 0 atom stereocenters. The van der Waals surface area contributed by atoms with E-state index in [1.807, 2.05) is 24.3 Å². The highest BCUT2D eigenvalue weighted by Crippen LogP contribution is 2.23. The van der Waals surface area contributed by atoms with Gasteiger partial charge in [-0.3, -0.25) is 0 Å². The Kier molecular flexibility index (Phi) is 3.04. The molecule has 0 unspecified atom stereocenters. The molecule has 0 amide bonds. The smallest absolute Gasteiger partial charge is 0.0406 e. The Hall–Kier alpha value is -1.79. The highest BCUT2D eigenvalue weighted by molar-refractivity contribution is 6.30. The molecule has 1 radical (unpaired) electrons. The van der Waals surface area contributed by atoms with Gasteiger partial charge < -0.3 is 0 Å². The zero-order valence-electron chi connectivity index (χ0n) is 9.81. The Morgan fingerprint density at radius 3 is 2.28 bits per heavy atom. The van der Waals surface area contributed by atoms with Gasteiger partial charge in [-0.1, -0.05) is 66.2 Å². The lowest BCUT2D eigenvalue weighted by atomic mass is 9.99. The molecule has 0 fully saturated rings. The molecule has 1 heteroatoms. The Balaban J connectivity index is 2.02. The van der Waals surface area contributed by atoms with Crippen LogP contribution in [0.3, 0.4) is 0 Å². The fourth-order valence-corrected chi connectivity index (χ4v) is 2.24. The zero-order valence-corrected chi connectivity index (χ0v) is 10.6. The lowest BCUT2D eigenvalue weighted by Gasteiger charge is -2.06. The minimum Gasteiger partial charge on any atom is -0.0843 e. The monoisotopic (exact) mass is 251 g/mol. The number of halogens is 1. The van der Waals surface area contributed by atoms with Crippen molar-refractivity contribution >= 4 is 22.4 Å². The summed E-state index contributed by atoms with van der Waals surface area (Å²) in [6.45, 7) is 0. The topological polar surface area (TPSA) is 0 Å². The van der Waals surface area contributed by atoms with Crippen molar-refractivity contribution in [2.75, 3.05) is 0 Å². The van der Waals surface area contributed by atoms with Gasteiger partial charge in [0.05, 0.1) is 0 Å². The molecule has 0 saturated carbocycles. The van der Waals surface area contributed by atoms with E-state index in [4.69, 9.17) is 11.6 Å². The van der Waals surface area contributed by atoms with Crippen molar-refractivity contribution in [2.24, 2.45) is 0 Å². The number of hydrogen-bond acceptors (Lipinski definition) is 0. The normalized spacial score (nSPS) is 10.7. The second-order valence-corrected chi connectivity index (χ2v) is 4.70. The van der Waals surface area contributed by atoms with Crippen LogP contribution in [0.5, 0.6) is 0 Å². The summed E-state index contributed by atoms with van der Waals surface area (Å²) in [4.78, 5) is 0. The summed E-state index contributed by atoms with van der Waals surface area (Å²) in [6.07, 6.45) is 2.18. The first-order chi connectivity index (χ1) is 8.83. The fraction of sp³-hybridized carbons (Fsp3) is 0. The maximum absolute atomic E-state index is 5.90. The first-order valence-electron chi connectivity index (χ1n) is 5.91. The molecule has 0 aliphatic carbocycles. The van der Waals surface area contributed by atoms with Gasteiger partial charge in [-0.15, -0.1) is 0 Å². The van der Waals surface area contributed by atoms with Gasteiger partial charge in [-0.2, -0.15) is 0 Å². The van der Waals surface area contributed by atoms with E-state index in [0.717, 1.165) is 10.6 Å². The molecular weight excluding hydrogens is 240 g/mol. The van der Waals surface area contributed by atoms with Crippen LogP contribution in [-0.2, 0) is 0 Å². The first kappa shape index (κ1) is 11.3. The van der Waals surface area contributed by atoms with Gasteiger partial charge in [0.25, 0.3) is 0 Å². The lowest BCUT2D eigenvalue weighted by molar-refractivity contribution is 1.46. The summed E-state index contributed by atoms with van der Waals surface area (Å²) in [6, 6.07) is 22.7. The van der Waals surface area contributed by atoms with Crippen molar-refractivity contribution in [2.45, 2.75) is 0 Å². The van der Waals surface area contributed by atoms with Gasteiger partial charge in [0.2, 0.25) is 0 Å². The molecule has 0 spiro atoms. The third kappa shape index (κ3) is 2.25. The van der Waals surface area contributed by atoms with E-state index in [1.165, 1.54) is 16.3 Å². The summed E-state index contributed by atoms with van der Waals surface area (Å²) in [5, 5.41) is 3.31. The molecule has 0 aliphatic heterocycles. The second-order valence-electron chi connectivity index (χ2n) is 4.26. The maximum atomic E-state index is 5.90. The predicted molar refractivity (Wildman–Crippen MR) is 77.9 cm³/mol. The van der Waals surface area contributed by atoms with E-state index < -0.39 is 0 Å². The molecule has 0 bridgehead atoms. The van der Waals surface area contributed by atoms with Crippen LogP contribution in [0.15, 0.2) is 66.7 Å². The minimum absolute atomic E-state index is 0.769. The molecular formula is C17H12Cl. The van der Waals surface area contributed by atoms with Crippen molar-refractivity contribution in [3.63, 3.8) is 0 Å². The van der Waals surface area contributed by atoms with Gasteiger partial charge in [0, 0.05) is 11.4 Å². The SMILES string of the molecule is Clc1ccc([CH]c2cccc3ccccc23)cc1. The standard InChI is InChI=1S/C17H12Cl/c18-16-10-8-13(9-11-16)12-15-6-3-5-14-4-1-2-7-17(14)15/h1-12H. The molecule has 3 aromatic rings. The molecule has 0 aromatic heterocycles. The average Bonchev–Trinajstić information content (AvgIpc) is 2.42. The molecule has 18 heavy (non-hydrogen) atoms. The van der Waals surface area contributed by atoms with Gasteiger partial charge >= 0.3 is 0 Å². The fourth-order valence-electron chi connectivity index (χ4n) is 2.11. The van der Waals surface area contributed by atoms with Crippen LogP contribution in [0, 0.1) is 6.42 Å². The van der Waals surface area contributed by atoms with Crippen LogP contribution in [0.2, 0.25) is 5.02 Å². The van der Waals surface area contributed by atoms with Crippen LogP contribution in [0.4, 0.5) is 0 Å². The van der Waals surface area contributed by atoms with Crippen molar-refractivity contribution in [3.05, 3.63) is 89.3 Å². The van der Waals surface area contributed by atoms with Gasteiger partial charge in [-0.25, -0.2) is 0 Å². The van der Waals surface area contributed by atoms with Crippen molar-refractivity contribution in [1.82, 2.24) is 0 Å². The number of hydrogen-bond donors (Lipinski definition) is 0. The summed E-state index contributed by atoms with van der Waals surface area (Å²) in [7, 11) is 0. The third-order valence-corrected chi connectivity index (χ3v) is 3.27. The number of benzene rings is 3. The summed E-state index contributed by atoms with van der Waals surface area (Å²) in [5.41, 5.74) is 2.39. The van der Waals surface area contributed by atoms with E-state index in [1.54, 1.807) is 0 Å². The summed E-state index contributed by atoms with van der Waals surface area (Å²) >= 11 is 5.90. The average molecular weight is 252 g/mol. The van der Waals surface area contributed by atoms with Crippen molar-refractivity contribution in [1.29, 1.82) is 0 Å².